The van der Waals surface area contributed by atoms with Crippen molar-refractivity contribution in [2.24, 2.45) is 0 Å². The fraction of sp³-hybridized carbons (Fsp3) is 0.200. The van der Waals surface area contributed by atoms with Gasteiger partial charge in [0.05, 0.1) is 16.7 Å². The molecule has 5 nitrogen and oxygen atoms in total. The van der Waals surface area contributed by atoms with Gasteiger partial charge in [0.2, 0.25) is 0 Å². The first kappa shape index (κ1) is 18.1. The van der Waals surface area contributed by atoms with Crippen LogP contribution in [0.3, 0.4) is 0 Å². The van der Waals surface area contributed by atoms with Crippen molar-refractivity contribution in [3.63, 3.8) is 0 Å². The summed E-state index contributed by atoms with van der Waals surface area (Å²) in [4.78, 5) is 22.0. The second-order valence-corrected chi connectivity index (χ2v) is 5.35. The molecule has 128 valence electrons. The lowest BCUT2D eigenvalue weighted by Gasteiger charge is -2.09. The van der Waals surface area contributed by atoms with Crippen molar-refractivity contribution in [2.45, 2.75) is 26.2 Å². The third-order valence-corrected chi connectivity index (χ3v) is 3.43. The van der Waals surface area contributed by atoms with Crippen LogP contribution < -0.4 is 4.74 Å². The highest BCUT2D eigenvalue weighted by molar-refractivity contribution is 5.88. The molecule has 2 aromatic carbocycles. The third kappa shape index (κ3) is 5.11. The first-order valence-electron chi connectivity index (χ1n) is 7.88. The van der Waals surface area contributed by atoms with Crippen molar-refractivity contribution in [1.82, 2.24) is 0 Å². The SMILES string of the molecule is CCCCC#Cc1cc(C(=O)O)ccc1Oc1ccc(C(=O)O)cc1. The maximum Gasteiger partial charge on any atom is 0.335 e. The van der Waals surface area contributed by atoms with Crippen molar-refractivity contribution in [1.29, 1.82) is 0 Å². The first-order chi connectivity index (χ1) is 12.0. The largest absolute Gasteiger partial charge is 0.478 e. The topological polar surface area (TPSA) is 83.8 Å². The standard InChI is InChI=1S/C20H18O5/c1-2-3-4-5-6-15-13-16(20(23)24)9-12-18(15)25-17-10-7-14(8-11-17)19(21)22/h7-13H,2-4H2,1H3,(H,21,22)(H,23,24). The van der Waals surface area contributed by atoms with Crippen LogP contribution in [-0.4, -0.2) is 22.2 Å². The van der Waals surface area contributed by atoms with Gasteiger partial charge in [0.15, 0.2) is 0 Å². The summed E-state index contributed by atoms with van der Waals surface area (Å²) in [5.74, 6) is 4.81. The molecule has 0 spiro atoms. The van der Waals surface area contributed by atoms with Crippen molar-refractivity contribution < 1.29 is 24.5 Å². The maximum atomic E-state index is 11.2. The second-order valence-electron chi connectivity index (χ2n) is 5.35. The molecule has 5 heteroatoms. The molecule has 25 heavy (non-hydrogen) atoms. The highest BCUT2D eigenvalue weighted by Gasteiger charge is 2.10. The van der Waals surface area contributed by atoms with E-state index in [9.17, 15) is 9.59 Å². The molecule has 0 saturated carbocycles. The predicted octanol–water partition coefficient (Wildman–Crippen LogP) is 4.42. The Kier molecular flexibility index (Phi) is 6.19. The van der Waals surface area contributed by atoms with Crippen molar-refractivity contribution in [3.8, 4) is 23.3 Å². The van der Waals surface area contributed by atoms with Crippen LogP contribution in [0.25, 0.3) is 0 Å². The first-order valence-corrected chi connectivity index (χ1v) is 7.88. The molecule has 0 atom stereocenters. The van der Waals surface area contributed by atoms with E-state index in [1.807, 2.05) is 0 Å². The quantitative estimate of drug-likeness (QED) is 0.602. The van der Waals surface area contributed by atoms with Gasteiger partial charge in [0.1, 0.15) is 11.5 Å². The third-order valence-electron chi connectivity index (χ3n) is 3.43. The Balaban J connectivity index is 2.29. The molecule has 2 N–H and O–H groups in total. The van der Waals surface area contributed by atoms with Crippen LogP contribution in [0.1, 0.15) is 52.5 Å². The lowest BCUT2D eigenvalue weighted by atomic mass is 10.1. The van der Waals surface area contributed by atoms with Gasteiger partial charge < -0.3 is 14.9 Å². The molecular weight excluding hydrogens is 320 g/mol. The molecular formula is C20H18O5. The van der Waals surface area contributed by atoms with Crippen LogP contribution >= 0.6 is 0 Å². The lowest BCUT2D eigenvalue weighted by Crippen LogP contribution is -1.98. The van der Waals surface area contributed by atoms with Gasteiger partial charge >= 0.3 is 11.9 Å². The smallest absolute Gasteiger partial charge is 0.335 e. The van der Waals surface area contributed by atoms with E-state index in [-0.39, 0.29) is 11.1 Å². The van der Waals surface area contributed by atoms with E-state index in [0.29, 0.717) is 17.1 Å². The lowest BCUT2D eigenvalue weighted by molar-refractivity contribution is 0.0686. The molecule has 0 heterocycles. The average Bonchev–Trinajstić information content (AvgIpc) is 2.60. The van der Waals surface area contributed by atoms with Crippen LogP contribution in [0, 0.1) is 11.8 Å². The molecule has 0 saturated heterocycles. The van der Waals surface area contributed by atoms with Crippen molar-refractivity contribution in [3.05, 3.63) is 59.2 Å². The summed E-state index contributed by atoms with van der Waals surface area (Å²) in [6.07, 6.45) is 2.72. The van der Waals surface area contributed by atoms with E-state index in [1.165, 1.54) is 24.3 Å². The monoisotopic (exact) mass is 338 g/mol. The highest BCUT2D eigenvalue weighted by atomic mass is 16.5. The zero-order valence-electron chi connectivity index (χ0n) is 13.8. The van der Waals surface area contributed by atoms with Crippen LogP contribution in [0.4, 0.5) is 0 Å². The van der Waals surface area contributed by atoms with E-state index in [4.69, 9.17) is 14.9 Å². The predicted molar refractivity (Wildman–Crippen MR) is 93.3 cm³/mol. The maximum absolute atomic E-state index is 11.2. The van der Waals surface area contributed by atoms with E-state index in [1.54, 1.807) is 18.2 Å². The molecule has 2 aromatic rings. The molecule has 2 rings (SSSR count). The van der Waals surface area contributed by atoms with Crippen molar-refractivity contribution in [2.75, 3.05) is 0 Å². The summed E-state index contributed by atoms with van der Waals surface area (Å²) >= 11 is 0. The Morgan fingerprint density at radius 3 is 2.24 bits per heavy atom. The molecule has 0 bridgehead atoms. The molecule has 0 aliphatic heterocycles. The van der Waals surface area contributed by atoms with E-state index < -0.39 is 11.9 Å². The fourth-order valence-electron chi connectivity index (χ4n) is 2.07. The molecule has 0 aliphatic rings. The number of benzene rings is 2. The normalized spacial score (nSPS) is 9.80. The van der Waals surface area contributed by atoms with Gasteiger partial charge in [-0.15, -0.1) is 0 Å². The minimum absolute atomic E-state index is 0.133. The molecule has 0 fully saturated rings. The average molecular weight is 338 g/mol. The van der Waals surface area contributed by atoms with Gasteiger partial charge in [0.25, 0.3) is 0 Å². The Morgan fingerprint density at radius 1 is 1.00 bits per heavy atom. The Labute approximate surface area is 145 Å². The van der Waals surface area contributed by atoms with Crippen molar-refractivity contribution >= 4 is 11.9 Å². The van der Waals surface area contributed by atoms with Crippen LogP contribution in [0.5, 0.6) is 11.5 Å². The second kappa shape index (κ2) is 8.55. The number of rotatable bonds is 6. The van der Waals surface area contributed by atoms with Crippen LogP contribution in [-0.2, 0) is 0 Å². The summed E-state index contributed by atoms with van der Waals surface area (Å²) in [5, 5.41) is 18.1. The van der Waals surface area contributed by atoms with E-state index >= 15 is 0 Å². The van der Waals surface area contributed by atoms with Gasteiger partial charge in [-0.25, -0.2) is 9.59 Å². The summed E-state index contributed by atoms with van der Waals surface area (Å²) in [7, 11) is 0. The Bertz CT molecular complexity index is 825. The zero-order chi connectivity index (χ0) is 18.2. The van der Waals surface area contributed by atoms with E-state index in [2.05, 4.69) is 18.8 Å². The molecule has 0 aliphatic carbocycles. The van der Waals surface area contributed by atoms with Gasteiger partial charge in [-0.2, -0.15) is 0 Å². The Hall–Kier alpha value is -3.26. The zero-order valence-corrected chi connectivity index (χ0v) is 13.8. The number of carbonyl (C=O) groups is 2. The number of carboxylic acids is 2. The van der Waals surface area contributed by atoms with Gasteiger partial charge in [-0.1, -0.05) is 25.2 Å². The van der Waals surface area contributed by atoms with E-state index in [0.717, 1.165) is 19.3 Å². The molecule has 0 amide bonds. The van der Waals surface area contributed by atoms with Crippen LogP contribution in [0.15, 0.2) is 42.5 Å². The fourth-order valence-corrected chi connectivity index (χ4v) is 2.07. The number of carboxylic acid groups (broad SMARTS) is 2. The van der Waals surface area contributed by atoms with Gasteiger partial charge in [-0.3, -0.25) is 0 Å². The minimum Gasteiger partial charge on any atom is -0.478 e. The molecule has 0 radical (unpaired) electrons. The number of unbranched alkanes of at least 4 members (excludes halogenated alkanes) is 2. The minimum atomic E-state index is -1.03. The number of ether oxygens (including phenoxy) is 1. The summed E-state index contributed by atoms with van der Waals surface area (Å²) < 4.78 is 5.75. The Morgan fingerprint density at radius 2 is 1.64 bits per heavy atom. The number of aromatic carboxylic acids is 2. The summed E-state index contributed by atoms with van der Waals surface area (Å²) in [5.41, 5.74) is 0.778. The molecule has 0 aromatic heterocycles. The number of hydrogen-bond acceptors (Lipinski definition) is 3. The van der Waals surface area contributed by atoms with Gasteiger partial charge in [0, 0.05) is 6.42 Å². The highest BCUT2D eigenvalue weighted by Crippen LogP contribution is 2.26. The van der Waals surface area contributed by atoms with Gasteiger partial charge in [-0.05, 0) is 48.9 Å². The summed E-state index contributed by atoms with van der Waals surface area (Å²) in [6.45, 7) is 2.07. The molecule has 0 unspecified atom stereocenters. The number of hydrogen-bond donors (Lipinski definition) is 2. The summed E-state index contributed by atoms with van der Waals surface area (Å²) in [6, 6.07) is 10.4. The van der Waals surface area contributed by atoms with Crippen LogP contribution in [0.2, 0.25) is 0 Å².